The third kappa shape index (κ3) is 2.87. The van der Waals surface area contributed by atoms with Crippen LogP contribution in [0.2, 0.25) is 5.15 Å². The van der Waals surface area contributed by atoms with Gasteiger partial charge in [0, 0.05) is 18.7 Å². The molecule has 1 aromatic rings. The number of hydrogen-bond acceptors (Lipinski definition) is 4. The summed E-state index contributed by atoms with van der Waals surface area (Å²) >= 11 is 6.04. The smallest absolute Gasteiger partial charge is 0.137 e. The van der Waals surface area contributed by atoms with Crippen LogP contribution in [0, 0.1) is 0 Å². The zero-order chi connectivity index (χ0) is 12.3. The number of aromatic nitrogens is 2. The summed E-state index contributed by atoms with van der Waals surface area (Å²) in [6.07, 6.45) is 4.52. The van der Waals surface area contributed by atoms with Crippen molar-refractivity contribution in [2.45, 2.75) is 38.7 Å². The van der Waals surface area contributed by atoms with Crippen LogP contribution >= 0.6 is 11.6 Å². The van der Waals surface area contributed by atoms with Gasteiger partial charge in [-0.1, -0.05) is 18.5 Å². The number of nitrogens with zero attached hydrogens (tertiary/aromatic N) is 2. The van der Waals surface area contributed by atoms with Gasteiger partial charge in [0.2, 0.25) is 0 Å². The van der Waals surface area contributed by atoms with E-state index in [4.69, 9.17) is 16.3 Å². The van der Waals surface area contributed by atoms with E-state index in [2.05, 4.69) is 22.2 Å². The molecular weight excluding hydrogens is 238 g/mol. The molecule has 94 valence electrons. The van der Waals surface area contributed by atoms with Crippen LogP contribution in [0.5, 0.6) is 0 Å². The van der Waals surface area contributed by atoms with E-state index in [0.717, 1.165) is 43.8 Å². The molecule has 1 N–H and O–H groups in total. The number of halogens is 1. The second kappa shape index (κ2) is 5.19. The lowest BCUT2D eigenvalue weighted by atomic mass is 10.0. The highest BCUT2D eigenvalue weighted by Crippen LogP contribution is 2.26. The summed E-state index contributed by atoms with van der Waals surface area (Å²) in [5.41, 5.74) is 0.887. The normalized spacial score (nSPS) is 23.9. The third-order valence-electron chi connectivity index (χ3n) is 3.18. The van der Waals surface area contributed by atoms with Gasteiger partial charge in [-0.2, -0.15) is 0 Å². The minimum atomic E-state index is -0.0809. The number of anilines is 1. The standard InChI is InChI=1S/C12H18ClN3O/c1-3-9-10(13)15-8-16-11(9)14-7-12(2)5-4-6-17-12/h8H,3-7H2,1-2H3,(H,14,15,16). The van der Waals surface area contributed by atoms with Crippen molar-refractivity contribution < 1.29 is 4.74 Å². The van der Waals surface area contributed by atoms with Crippen LogP contribution in [0.1, 0.15) is 32.3 Å². The molecule has 0 aromatic carbocycles. The first-order valence-electron chi connectivity index (χ1n) is 6.02. The summed E-state index contributed by atoms with van der Waals surface area (Å²) in [4.78, 5) is 8.23. The molecule has 0 bridgehead atoms. The number of rotatable bonds is 4. The third-order valence-corrected chi connectivity index (χ3v) is 3.50. The zero-order valence-corrected chi connectivity index (χ0v) is 11.0. The van der Waals surface area contributed by atoms with Crippen LogP contribution in [0.3, 0.4) is 0 Å². The van der Waals surface area contributed by atoms with Crippen molar-refractivity contribution in [3.63, 3.8) is 0 Å². The number of nitrogens with one attached hydrogen (secondary N) is 1. The van der Waals surface area contributed by atoms with E-state index < -0.39 is 0 Å². The fraction of sp³-hybridized carbons (Fsp3) is 0.667. The maximum Gasteiger partial charge on any atom is 0.137 e. The molecule has 17 heavy (non-hydrogen) atoms. The average Bonchev–Trinajstić information content (AvgIpc) is 2.74. The lowest BCUT2D eigenvalue weighted by Gasteiger charge is -2.24. The maximum atomic E-state index is 6.04. The second-order valence-electron chi connectivity index (χ2n) is 4.60. The van der Waals surface area contributed by atoms with E-state index in [0.29, 0.717) is 5.15 Å². The van der Waals surface area contributed by atoms with Crippen LogP contribution in [0.4, 0.5) is 5.82 Å². The highest BCUT2D eigenvalue weighted by atomic mass is 35.5. The minimum absolute atomic E-state index is 0.0809. The monoisotopic (exact) mass is 255 g/mol. The Hall–Kier alpha value is -0.870. The Balaban J connectivity index is 2.06. The van der Waals surface area contributed by atoms with E-state index in [1.54, 1.807) is 0 Å². The Morgan fingerprint density at radius 1 is 1.53 bits per heavy atom. The first-order valence-corrected chi connectivity index (χ1v) is 6.39. The van der Waals surface area contributed by atoms with Crippen molar-refractivity contribution >= 4 is 17.4 Å². The summed E-state index contributed by atoms with van der Waals surface area (Å²) in [6, 6.07) is 0. The molecule has 0 spiro atoms. The first-order chi connectivity index (χ1) is 8.14. The van der Waals surface area contributed by atoms with Crippen molar-refractivity contribution in [3.05, 3.63) is 17.0 Å². The van der Waals surface area contributed by atoms with Crippen molar-refractivity contribution in [1.29, 1.82) is 0 Å². The zero-order valence-electron chi connectivity index (χ0n) is 10.3. The average molecular weight is 256 g/mol. The quantitative estimate of drug-likeness (QED) is 0.841. The van der Waals surface area contributed by atoms with Crippen molar-refractivity contribution in [2.24, 2.45) is 0 Å². The van der Waals surface area contributed by atoms with E-state index in [9.17, 15) is 0 Å². The number of hydrogen-bond donors (Lipinski definition) is 1. The molecule has 5 heteroatoms. The van der Waals surface area contributed by atoms with Gasteiger partial charge in [-0.25, -0.2) is 9.97 Å². The Morgan fingerprint density at radius 2 is 2.35 bits per heavy atom. The summed E-state index contributed by atoms with van der Waals surface area (Å²) in [7, 11) is 0. The van der Waals surface area contributed by atoms with E-state index >= 15 is 0 Å². The maximum absolute atomic E-state index is 6.04. The molecule has 0 aliphatic carbocycles. The molecule has 1 saturated heterocycles. The predicted molar refractivity (Wildman–Crippen MR) is 68.5 cm³/mol. The molecular formula is C12H18ClN3O. The van der Waals surface area contributed by atoms with Crippen molar-refractivity contribution in [3.8, 4) is 0 Å². The van der Waals surface area contributed by atoms with Gasteiger partial charge in [-0.15, -0.1) is 0 Å². The largest absolute Gasteiger partial charge is 0.373 e. The van der Waals surface area contributed by atoms with Crippen LogP contribution in [0.15, 0.2) is 6.33 Å². The molecule has 1 fully saturated rings. The molecule has 4 nitrogen and oxygen atoms in total. The Morgan fingerprint density at radius 3 is 3.00 bits per heavy atom. The van der Waals surface area contributed by atoms with Gasteiger partial charge < -0.3 is 10.1 Å². The fourth-order valence-corrected chi connectivity index (χ4v) is 2.37. The van der Waals surface area contributed by atoms with Gasteiger partial charge in [-0.3, -0.25) is 0 Å². The van der Waals surface area contributed by atoms with Gasteiger partial charge in [0.25, 0.3) is 0 Å². The molecule has 2 rings (SSSR count). The predicted octanol–water partition coefficient (Wildman–Crippen LogP) is 2.67. The van der Waals surface area contributed by atoms with Gasteiger partial charge >= 0.3 is 0 Å². The van der Waals surface area contributed by atoms with E-state index in [1.807, 2.05) is 6.92 Å². The Bertz CT molecular complexity index is 391. The topological polar surface area (TPSA) is 47.0 Å². The van der Waals surface area contributed by atoms with Crippen LogP contribution < -0.4 is 5.32 Å². The second-order valence-corrected chi connectivity index (χ2v) is 4.96. The van der Waals surface area contributed by atoms with E-state index in [1.165, 1.54) is 6.33 Å². The molecule has 1 aliphatic heterocycles. The van der Waals surface area contributed by atoms with E-state index in [-0.39, 0.29) is 5.60 Å². The van der Waals surface area contributed by atoms with Crippen molar-refractivity contribution in [1.82, 2.24) is 9.97 Å². The lowest BCUT2D eigenvalue weighted by Crippen LogP contribution is -2.33. The SMILES string of the molecule is CCc1c(Cl)ncnc1NCC1(C)CCCO1. The van der Waals surface area contributed by atoms with Crippen LogP contribution in [-0.4, -0.2) is 28.7 Å². The Kier molecular flexibility index (Phi) is 3.84. The van der Waals surface area contributed by atoms with Gasteiger partial charge in [0.05, 0.1) is 5.60 Å². The van der Waals surface area contributed by atoms with Gasteiger partial charge in [0.15, 0.2) is 0 Å². The minimum Gasteiger partial charge on any atom is -0.373 e. The summed E-state index contributed by atoms with van der Waals surface area (Å²) < 4.78 is 5.73. The molecule has 1 aliphatic rings. The Labute approximate surface area is 107 Å². The van der Waals surface area contributed by atoms with Crippen LogP contribution in [0.25, 0.3) is 0 Å². The molecule has 1 unspecified atom stereocenters. The summed E-state index contributed by atoms with van der Waals surface area (Å²) in [5.74, 6) is 0.823. The van der Waals surface area contributed by atoms with Crippen LogP contribution in [-0.2, 0) is 11.2 Å². The highest BCUT2D eigenvalue weighted by molar-refractivity contribution is 6.30. The van der Waals surface area contributed by atoms with Gasteiger partial charge in [-0.05, 0) is 26.2 Å². The first kappa shape index (κ1) is 12.6. The van der Waals surface area contributed by atoms with Gasteiger partial charge in [0.1, 0.15) is 17.3 Å². The number of ether oxygens (including phenoxy) is 1. The molecule has 0 radical (unpaired) electrons. The summed E-state index contributed by atoms with van der Waals surface area (Å²) in [6.45, 7) is 5.78. The summed E-state index contributed by atoms with van der Waals surface area (Å²) in [5, 5.41) is 3.86. The molecule has 2 heterocycles. The molecule has 0 amide bonds. The molecule has 0 saturated carbocycles. The fourth-order valence-electron chi connectivity index (χ4n) is 2.10. The molecule has 1 atom stereocenters. The highest BCUT2D eigenvalue weighted by Gasteiger charge is 2.29. The lowest BCUT2D eigenvalue weighted by molar-refractivity contribution is 0.0314. The van der Waals surface area contributed by atoms with Crippen molar-refractivity contribution in [2.75, 3.05) is 18.5 Å². The molecule has 1 aromatic heterocycles.